The quantitative estimate of drug-likeness (QED) is 0.0358. The van der Waals surface area contributed by atoms with Crippen LogP contribution >= 0.6 is 0 Å². The van der Waals surface area contributed by atoms with Crippen LogP contribution in [0, 0.1) is 20.2 Å². The number of nitrogens with zero attached hydrogens (tertiary/aromatic N) is 6. The lowest BCUT2D eigenvalue weighted by Crippen LogP contribution is -2.01. The number of hydrogen-bond donors (Lipinski definition) is 6. The third kappa shape index (κ3) is 7.94. The van der Waals surface area contributed by atoms with Crippen molar-refractivity contribution < 1.29 is 56.2 Å². The number of rotatable bonds is 8. The summed E-state index contributed by atoms with van der Waals surface area (Å²) in [6.07, 6.45) is 0. The molecule has 0 radical (unpaired) electrons. The lowest BCUT2D eigenvalue weighted by atomic mass is 10.1. The van der Waals surface area contributed by atoms with Gasteiger partial charge in [-0.05, 0) is 22.9 Å². The van der Waals surface area contributed by atoms with Crippen molar-refractivity contribution in [1.29, 1.82) is 0 Å². The minimum atomic E-state index is -4.90. The van der Waals surface area contributed by atoms with E-state index >= 15 is 0 Å². The van der Waals surface area contributed by atoms with Gasteiger partial charge in [0.25, 0.3) is 31.6 Å². The summed E-state index contributed by atoms with van der Waals surface area (Å²) in [6, 6.07) is 29.0. The van der Waals surface area contributed by atoms with Gasteiger partial charge in [-0.1, -0.05) is 84.9 Å². The second-order valence-corrected chi connectivity index (χ2v) is 15.8. The van der Waals surface area contributed by atoms with Gasteiger partial charge in [0.2, 0.25) is 0 Å². The Morgan fingerprint density at radius 3 is 1.16 bits per heavy atom. The Morgan fingerprint density at radius 1 is 0.452 bits per heavy atom. The number of hydrogen-bond acceptors (Lipinski definition) is 16. The van der Waals surface area contributed by atoms with Crippen LogP contribution in [0.4, 0.5) is 34.1 Å². The summed E-state index contributed by atoms with van der Waals surface area (Å²) in [6.45, 7) is 0. The summed E-state index contributed by atoms with van der Waals surface area (Å²) in [4.78, 5) is 19.5. The highest BCUT2D eigenvalue weighted by Crippen LogP contribution is 2.46. The third-order valence-corrected chi connectivity index (χ3v) is 11.1. The smallest absolute Gasteiger partial charge is 0.295 e. The van der Waals surface area contributed by atoms with E-state index in [1.54, 1.807) is 60.7 Å². The van der Waals surface area contributed by atoms with Crippen LogP contribution in [0.5, 0.6) is 23.0 Å². The molecule has 0 spiro atoms. The monoisotopic (exact) mass is 878 g/mol. The Labute approximate surface area is 347 Å². The van der Waals surface area contributed by atoms with Crippen LogP contribution in [-0.2, 0) is 20.2 Å². The molecular weight excluding hydrogens is 853 g/mol. The highest BCUT2D eigenvalue weighted by molar-refractivity contribution is 7.86. The number of fused-ring (bicyclic) bond motifs is 4. The SMILES string of the molecule is O=[N+]([O-])c1cccc2c(N=Nc3ccc4ccccc4c3O)c(O)cc(S(=O)(=O)O)c12.O=[N+]([O-])c1cccc2c(N=Nc3ccc4ccccc4c3O)c(O)cc(S(=O)(=O)O)c12. The van der Waals surface area contributed by atoms with Crippen molar-refractivity contribution in [2.75, 3.05) is 0 Å². The first-order chi connectivity index (χ1) is 29.4. The molecule has 0 fully saturated rings. The van der Waals surface area contributed by atoms with Gasteiger partial charge in [-0.2, -0.15) is 16.8 Å². The van der Waals surface area contributed by atoms with E-state index < -0.39 is 73.5 Å². The van der Waals surface area contributed by atoms with E-state index in [-0.39, 0.29) is 45.0 Å². The molecule has 0 aliphatic heterocycles. The molecule has 22 heteroatoms. The van der Waals surface area contributed by atoms with Crippen molar-refractivity contribution in [1.82, 2.24) is 0 Å². The van der Waals surface area contributed by atoms with E-state index in [4.69, 9.17) is 0 Å². The Kier molecular flexibility index (Phi) is 10.9. The van der Waals surface area contributed by atoms with Crippen molar-refractivity contribution in [3.8, 4) is 23.0 Å². The Bertz CT molecular complexity index is 3260. The molecule has 0 atom stereocenters. The van der Waals surface area contributed by atoms with E-state index in [9.17, 15) is 66.6 Å². The van der Waals surface area contributed by atoms with Crippen LogP contribution in [-0.4, -0.2) is 56.2 Å². The summed E-state index contributed by atoms with van der Waals surface area (Å²) in [5.74, 6) is -1.67. The maximum absolute atomic E-state index is 11.8. The van der Waals surface area contributed by atoms with Crippen molar-refractivity contribution in [2.24, 2.45) is 20.5 Å². The molecule has 8 aromatic carbocycles. The molecule has 6 N–H and O–H groups in total. The first kappa shape index (κ1) is 42.0. The van der Waals surface area contributed by atoms with E-state index in [1.165, 1.54) is 36.4 Å². The average Bonchev–Trinajstić information content (AvgIpc) is 3.23. The standard InChI is InChI=1S/2C20H13N3O7S/c2*24-16-10-17(31(28,29)30)18-13(6-3-7-15(18)23(26)27)19(16)22-21-14-9-8-11-4-1-2-5-12(11)20(14)25/h2*1-10,24-25H,(H,28,29,30). The molecule has 0 aliphatic carbocycles. The van der Waals surface area contributed by atoms with Gasteiger partial charge in [0.1, 0.15) is 44.0 Å². The summed E-state index contributed by atoms with van der Waals surface area (Å²) in [7, 11) is -9.80. The maximum Gasteiger partial charge on any atom is 0.295 e. The van der Waals surface area contributed by atoms with Crippen molar-refractivity contribution in [2.45, 2.75) is 9.79 Å². The second-order valence-electron chi connectivity index (χ2n) is 13.1. The lowest BCUT2D eigenvalue weighted by molar-refractivity contribution is -0.383. The van der Waals surface area contributed by atoms with Crippen LogP contribution in [0.25, 0.3) is 43.1 Å². The van der Waals surface area contributed by atoms with Gasteiger partial charge >= 0.3 is 0 Å². The zero-order valence-electron chi connectivity index (χ0n) is 31.0. The first-order valence-electron chi connectivity index (χ1n) is 17.4. The number of phenolic OH excluding ortho intramolecular Hbond substituents is 4. The van der Waals surface area contributed by atoms with Crippen molar-refractivity contribution in [3.63, 3.8) is 0 Å². The molecule has 0 saturated carbocycles. The normalized spacial score (nSPS) is 12.0. The third-order valence-electron chi connectivity index (χ3n) is 9.33. The maximum atomic E-state index is 11.8. The zero-order valence-corrected chi connectivity index (χ0v) is 32.6. The van der Waals surface area contributed by atoms with Gasteiger partial charge in [0, 0.05) is 45.8 Å². The summed E-state index contributed by atoms with van der Waals surface area (Å²) in [5, 5.41) is 81.6. The molecule has 20 nitrogen and oxygen atoms in total. The van der Waals surface area contributed by atoms with E-state index in [2.05, 4.69) is 20.5 Å². The molecule has 0 bridgehead atoms. The number of aromatic hydroxyl groups is 4. The molecular formula is C40H26N6O14S2. The van der Waals surface area contributed by atoms with E-state index in [0.717, 1.165) is 22.9 Å². The van der Waals surface area contributed by atoms with Crippen molar-refractivity contribution >= 4 is 97.5 Å². The molecule has 0 amide bonds. The average molecular weight is 879 g/mol. The fourth-order valence-electron chi connectivity index (χ4n) is 6.58. The number of benzene rings is 8. The van der Waals surface area contributed by atoms with Crippen LogP contribution in [0.15, 0.2) is 152 Å². The number of phenols is 4. The molecule has 312 valence electrons. The van der Waals surface area contributed by atoms with Crippen LogP contribution in [0.3, 0.4) is 0 Å². The first-order valence-corrected chi connectivity index (χ1v) is 20.3. The van der Waals surface area contributed by atoms with Gasteiger partial charge in [0.15, 0.2) is 11.5 Å². The van der Waals surface area contributed by atoms with Gasteiger partial charge < -0.3 is 20.4 Å². The highest BCUT2D eigenvalue weighted by Gasteiger charge is 2.28. The largest absolute Gasteiger partial charge is 0.506 e. The predicted octanol–water partition coefficient (Wildman–Crippen LogP) is 9.95. The molecule has 0 unspecified atom stereocenters. The molecule has 0 saturated heterocycles. The minimum absolute atomic E-state index is 0.0653. The number of nitro benzene ring substituents is 2. The van der Waals surface area contributed by atoms with Crippen LogP contribution in [0.2, 0.25) is 0 Å². The number of non-ortho nitro benzene ring substituents is 2. The number of nitro groups is 2. The Morgan fingerprint density at radius 2 is 0.806 bits per heavy atom. The van der Waals surface area contributed by atoms with E-state index in [1.807, 2.05) is 0 Å². The van der Waals surface area contributed by atoms with Gasteiger partial charge in [0.05, 0.1) is 20.6 Å². The van der Waals surface area contributed by atoms with Gasteiger partial charge in [-0.15, -0.1) is 20.5 Å². The molecule has 62 heavy (non-hydrogen) atoms. The van der Waals surface area contributed by atoms with Crippen molar-refractivity contribution in [3.05, 3.63) is 142 Å². The van der Waals surface area contributed by atoms with Crippen LogP contribution < -0.4 is 0 Å². The Balaban J connectivity index is 0.000000186. The Hall–Kier alpha value is -8.18. The number of azo groups is 2. The molecule has 0 aliphatic rings. The second kappa shape index (κ2) is 16.1. The topological polar surface area (TPSA) is 325 Å². The summed E-state index contributed by atoms with van der Waals surface area (Å²) in [5.41, 5.74) is -1.60. The van der Waals surface area contributed by atoms with Crippen LogP contribution in [0.1, 0.15) is 0 Å². The van der Waals surface area contributed by atoms with Gasteiger partial charge in [-0.3, -0.25) is 29.3 Å². The van der Waals surface area contributed by atoms with E-state index in [0.29, 0.717) is 22.9 Å². The molecule has 0 heterocycles. The molecule has 8 rings (SSSR count). The zero-order chi connectivity index (χ0) is 44.7. The summed E-state index contributed by atoms with van der Waals surface area (Å²) < 4.78 is 66.1. The fraction of sp³-hybridized carbons (Fsp3) is 0. The predicted molar refractivity (Wildman–Crippen MR) is 224 cm³/mol. The van der Waals surface area contributed by atoms with Gasteiger partial charge in [-0.25, -0.2) is 0 Å². The lowest BCUT2D eigenvalue weighted by Gasteiger charge is -2.09. The minimum Gasteiger partial charge on any atom is -0.506 e. The summed E-state index contributed by atoms with van der Waals surface area (Å²) >= 11 is 0. The highest BCUT2D eigenvalue weighted by atomic mass is 32.2. The molecule has 8 aromatic rings. The fourth-order valence-corrected chi connectivity index (χ4v) is 8.04. The molecule has 0 aromatic heterocycles.